The van der Waals surface area contributed by atoms with Gasteiger partial charge in [-0.25, -0.2) is 4.98 Å². The van der Waals surface area contributed by atoms with E-state index >= 15 is 0 Å². The molecule has 0 amide bonds. The van der Waals surface area contributed by atoms with Crippen LogP contribution in [0.15, 0.2) is 297 Å². The summed E-state index contributed by atoms with van der Waals surface area (Å²) in [6, 6.07) is 108. The third-order valence-electron chi connectivity index (χ3n) is 17.9. The zero-order chi connectivity index (χ0) is 56.4. The van der Waals surface area contributed by atoms with Crippen LogP contribution in [-0.4, -0.2) is 24.1 Å². The molecule has 15 aromatic carbocycles. The lowest BCUT2D eigenvalue weighted by atomic mass is 9.93. The second-order valence-electron chi connectivity index (χ2n) is 22.7. The maximum absolute atomic E-state index is 5.53. The Hall–Kier alpha value is -11.5. The molecule has 0 saturated carbocycles. The largest absolute Gasteiger partial charge is 0.309 e. The summed E-state index contributed by atoms with van der Waals surface area (Å²) in [6.07, 6.45) is 0. The van der Waals surface area contributed by atoms with Crippen molar-refractivity contribution in [2.45, 2.75) is 0 Å². The molecule has 0 saturated heterocycles. The lowest BCUT2D eigenvalue weighted by Crippen LogP contribution is -2.06. The standard InChI is InChI=1S/C81H49N5/c1-3-19-50(20-4-1)56-43-57(51-21-5-2-6-22-51)45-58(44-56)85-75-33-17-15-31-69(75)73-46-52(37-41-77(73)85)53-38-42-78-74(47-53)70-32-16-18-34-76(70)86(78)81-83-79(54-35-39-67-63-27-9-7-23-59(63)61-25-11-13-29-65(61)71(67)48-54)82-80(84-81)55-36-40-68-64-28-10-8-24-60(64)62-26-12-14-30-66(62)72(68)49-55/h1-49H. The fourth-order valence-electron chi connectivity index (χ4n) is 13.9. The minimum absolute atomic E-state index is 0.553. The number of aromatic nitrogens is 5. The molecular weight excluding hydrogens is 1040 g/mol. The van der Waals surface area contributed by atoms with Gasteiger partial charge in [-0.1, -0.05) is 231 Å². The molecule has 0 fully saturated rings. The van der Waals surface area contributed by atoms with E-state index in [2.05, 4.69) is 306 Å². The van der Waals surface area contributed by atoms with Crippen molar-refractivity contribution in [3.8, 4) is 67.8 Å². The van der Waals surface area contributed by atoms with Gasteiger partial charge in [0.2, 0.25) is 5.95 Å². The SMILES string of the molecule is c1ccc(-c2cc(-c3ccccc3)cc(-n3c4ccccc4c4cc(-c5ccc6c(c5)c5ccccc5n6-c5nc(-c6ccc7c8ccccc8c8ccccc8c7c6)nc(-c6ccc7c8ccccc8c8ccccc8c7c6)n5)ccc43)c2)cc1. The summed E-state index contributed by atoms with van der Waals surface area (Å²) in [5.74, 6) is 1.76. The van der Waals surface area contributed by atoms with Crippen molar-refractivity contribution in [3.05, 3.63) is 297 Å². The Labute approximate surface area is 494 Å². The van der Waals surface area contributed by atoms with Crippen LogP contribution in [0.2, 0.25) is 0 Å². The molecule has 0 aliphatic rings. The van der Waals surface area contributed by atoms with Crippen molar-refractivity contribution in [2.75, 3.05) is 0 Å². The van der Waals surface area contributed by atoms with E-state index in [1.165, 1.54) is 86.9 Å². The Morgan fingerprint density at radius 3 is 0.919 bits per heavy atom. The van der Waals surface area contributed by atoms with Gasteiger partial charge < -0.3 is 4.57 Å². The molecule has 3 heterocycles. The van der Waals surface area contributed by atoms with Gasteiger partial charge >= 0.3 is 0 Å². The van der Waals surface area contributed by atoms with Crippen LogP contribution < -0.4 is 0 Å². The molecule has 18 rings (SSSR count). The minimum atomic E-state index is 0.553. The average Bonchev–Trinajstić information content (AvgIpc) is 1.79. The molecule has 0 spiro atoms. The van der Waals surface area contributed by atoms with E-state index in [0.717, 1.165) is 71.6 Å². The van der Waals surface area contributed by atoms with Crippen molar-refractivity contribution in [3.63, 3.8) is 0 Å². The average molecular weight is 1090 g/mol. The molecule has 0 radical (unpaired) electrons. The van der Waals surface area contributed by atoms with E-state index in [1.807, 2.05) is 0 Å². The molecule has 86 heavy (non-hydrogen) atoms. The zero-order valence-electron chi connectivity index (χ0n) is 46.5. The molecule has 5 nitrogen and oxygen atoms in total. The molecule has 0 aliphatic heterocycles. The molecule has 18 aromatic rings. The van der Waals surface area contributed by atoms with E-state index in [-0.39, 0.29) is 0 Å². The van der Waals surface area contributed by atoms with E-state index in [1.54, 1.807) is 0 Å². The van der Waals surface area contributed by atoms with Crippen molar-refractivity contribution in [1.82, 2.24) is 24.1 Å². The first-order valence-electron chi connectivity index (χ1n) is 29.4. The Kier molecular flexibility index (Phi) is 10.6. The van der Waals surface area contributed by atoms with Gasteiger partial charge in [-0.15, -0.1) is 0 Å². The van der Waals surface area contributed by atoms with Crippen LogP contribution in [0.1, 0.15) is 0 Å². The summed E-state index contributed by atoms with van der Waals surface area (Å²) in [6.45, 7) is 0. The van der Waals surface area contributed by atoms with Crippen molar-refractivity contribution in [2.24, 2.45) is 0 Å². The van der Waals surface area contributed by atoms with Gasteiger partial charge in [0, 0.05) is 38.4 Å². The van der Waals surface area contributed by atoms with Crippen LogP contribution in [0, 0.1) is 0 Å². The molecule has 3 aromatic heterocycles. The first kappa shape index (κ1) is 48.0. The summed E-state index contributed by atoms with van der Waals surface area (Å²) in [5.41, 5.74) is 14.3. The highest BCUT2D eigenvalue weighted by Crippen LogP contribution is 2.43. The fraction of sp³-hybridized carbons (Fsp3) is 0. The summed E-state index contributed by atoms with van der Waals surface area (Å²) in [5, 5.41) is 19.1. The van der Waals surface area contributed by atoms with Gasteiger partial charge in [0.1, 0.15) is 0 Å². The molecule has 5 heteroatoms. The summed E-state index contributed by atoms with van der Waals surface area (Å²) >= 11 is 0. The molecule has 0 atom stereocenters. The number of nitrogens with zero attached hydrogens (tertiary/aromatic N) is 5. The maximum atomic E-state index is 5.53. The van der Waals surface area contributed by atoms with Crippen LogP contribution in [0.3, 0.4) is 0 Å². The molecule has 0 unspecified atom stereocenters. The Morgan fingerprint density at radius 1 is 0.174 bits per heavy atom. The lowest BCUT2D eigenvalue weighted by molar-refractivity contribution is 0.954. The number of hydrogen-bond donors (Lipinski definition) is 0. The normalized spacial score (nSPS) is 12.0. The summed E-state index contributed by atoms with van der Waals surface area (Å²) in [4.78, 5) is 16.5. The predicted molar refractivity (Wildman–Crippen MR) is 361 cm³/mol. The van der Waals surface area contributed by atoms with Crippen molar-refractivity contribution >= 4 is 108 Å². The second kappa shape index (κ2) is 19.0. The molecule has 398 valence electrons. The smallest absolute Gasteiger partial charge is 0.238 e. The number of rotatable bonds is 7. The molecule has 0 bridgehead atoms. The van der Waals surface area contributed by atoms with E-state index in [0.29, 0.717) is 17.6 Å². The van der Waals surface area contributed by atoms with E-state index in [4.69, 9.17) is 15.0 Å². The zero-order valence-corrected chi connectivity index (χ0v) is 46.5. The third-order valence-corrected chi connectivity index (χ3v) is 17.9. The maximum Gasteiger partial charge on any atom is 0.238 e. The van der Waals surface area contributed by atoms with Gasteiger partial charge in [0.15, 0.2) is 11.6 Å². The highest BCUT2D eigenvalue weighted by molar-refractivity contribution is 6.27. The van der Waals surface area contributed by atoms with Crippen molar-refractivity contribution < 1.29 is 0 Å². The van der Waals surface area contributed by atoms with Crippen LogP contribution in [0.4, 0.5) is 0 Å². The number of benzene rings is 15. The van der Waals surface area contributed by atoms with Gasteiger partial charge in [-0.2, -0.15) is 9.97 Å². The van der Waals surface area contributed by atoms with Gasteiger partial charge in [-0.05, 0) is 165 Å². The summed E-state index contributed by atoms with van der Waals surface area (Å²) < 4.78 is 4.67. The fourth-order valence-corrected chi connectivity index (χ4v) is 13.9. The Morgan fingerprint density at radius 2 is 0.488 bits per heavy atom. The van der Waals surface area contributed by atoms with Crippen LogP contribution in [-0.2, 0) is 0 Å². The second-order valence-corrected chi connectivity index (χ2v) is 22.7. The van der Waals surface area contributed by atoms with Crippen LogP contribution in [0.25, 0.3) is 176 Å². The monoisotopic (exact) mass is 1090 g/mol. The minimum Gasteiger partial charge on any atom is -0.309 e. The van der Waals surface area contributed by atoms with Crippen LogP contribution >= 0.6 is 0 Å². The van der Waals surface area contributed by atoms with Gasteiger partial charge in [0.25, 0.3) is 0 Å². The molecule has 0 N–H and O–H groups in total. The van der Waals surface area contributed by atoms with Gasteiger partial charge in [-0.3, -0.25) is 4.57 Å². The topological polar surface area (TPSA) is 48.5 Å². The van der Waals surface area contributed by atoms with E-state index in [9.17, 15) is 0 Å². The first-order valence-corrected chi connectivity index (χ1v) is 29.4. The van der Waals surface area contributed by atoms with E-state index < -0.39 is 0 Å². The molecular formula is C81H49N5. The third kappa shape index (κ3) is 7.48. The number of hydrogen-bond acceptors (Lipinski definition) is 3. The Bertz CT molecular complexity index is 5530. The quantitative estimate of drug-likeness (QED) is 0.149. The lowest BCUT2D eigenvalue weighted by Gasteiger charge is -2.14. The van der Waals surface area contributed by atoms with Gasteiger partial charge in [0.05, 0.1) is 22.1 Å². The Balaban J connectivity index is 0.824. The summed E-state index contributed by atoms with van der Waals surface area (Å²) in [7, 11) is 0. The predicted octanol–water partition coefficient (Wildman–Crippen LogP) is 21.3. The number of para-hydroxylation sites is 2. The molecule has 0 aliphatic carbocycles. The first-order chi connectivity index (χ1) is 42.6. The number of fused-ring (bicyclic) bond motifs is 18. The highest BCUT2D eigenvalue weighted by atomic mass is 15.2. The van der Waals surface area contributed by atoms with Crippen molar-refractivity contribution in [1.29, 1.82) is 0 Å². The van der Waals surface area contributed by atoms with Crippen LogP contribution in [0.5, 0.6) is 0 Å². The highest BCUT2D eigenvalue weighted by Gasteiger charge is 2.22.